The minimum Gasteiger partial charge on any atom is -0.334 e. The van der Waals surface area contributed by atoms with E-state index >= 15 is 0 Å². The highest BCUT2D eigenvalue weighted by Crippen LogP contribution is 2.36. The van der Waals surface area contributed by atoms with Gasteiger partial charge in [-0.3, -0.25) is 9.78 Å². The number of likely N-dealkylation sites (tertiary alicyclic amines) is 1. The van der Waals surface area contributed by atoms with Crippen LogP contribution in [0.4, 0.5) is 0 Å². The van der Waals surface area contributed by atoms with Gasteiger partial charge in [-0.05, 0) is 55.5 Å². The number of aromatic nitrogens is 1. The van der Waals surface area contributed by atoms with Gasteiger partial charge in [0.15, 0.2) is 0 Å². The molecule has 2 aliphatic rings. The van der Waals surface area contributed by atoms with Crippen molar-refractivity contribution in [3.8, 4) is 0 Å². The zero-order chi connectivity index (χ0) is 17.2. The summed E-state index contributed by atoms with van der Waals surface area (Å²) < 4.78 is 0. The van der Waals surface area contributed by atoms with Gasteiger partial charge in [0.2, 0.25) is 5.91 Å². The van der Waals surface area contributed by atoms with Crippen molar-refractivity contribution in [3.05, 3.63) is 64.4 Å². The molecule has 0 spiro atoms. The molecule has 1 saturated carbocycles. The van der Waals surface area contributed by atoms with Gasteiger partial charge in [-0.2, -0.15) is 0 Å². The Labute approximate surface area is 154 Å². The number of carbonyl (C=O) groups is 1. The van der Waals surface area contributed by atoms with E-state index < -0.39 is 0 Å². The summed E-state index contributed by atoms with van der Waals surface area (Å²) in [5.74, 6) is 0.608. The summed E-state index contributed by atoms with van der Waals surface area (Å²) in [6, 6.07) is 14.3. The molecule has 2 fully saturated rings. The first-order chi connectivity index (χ1) is 12.2. The molecular formula is C21H23ClN2O. The number of nitrogens with zero attached hydrogens (tertiary/aromatic N) is 2. The van der Waals surface area contributed by atoms with Crippen LogP contribution in [-0.2, 0) is 11.2 Å². The standard InChI is InChI=1S/C21H23ClN2O/c22-17-11-9-15(10-12-17)14-18-6-2-7-19(23-18)20-8-3-13-24(20)21(25)16-4-1-5-16/h2,6-7,9-12,16,20H,1,3-5,8,13-14H2/t20-/m1/s1. The lowest BCUT2D eigenvalue weighted by atomic mass is 9.84. The summed E-state index contributed by atoms with van der Waals surface area (Å²) in [7, 11) is 0. The summed E-state index contributed by atoms with van der Waals surface area (Å²) in [6.45, 7) is 0.878. The van der Waals surface area contributed by atoms with E-state index in [1.807, 2.05) is 24.3 Å². The molecule has 1 aromatic heterocycles. The van der Waals surface area contributed by atoms with Crippen LogP contribution in [0.3, 0.4) is 0 Å². The average Bonchev–Trinajstić information content (AvgIpc) is 3.05. The summed E-state index contributed by atoms with van der Waals surface area (Å²) >= 11 is 5.96. The molecule has 0 unspecified atom stereocenters. The predicted molar refractivity (Wildman–Crippen MR) is 99.5 cm³/mol. The van der Waals surface area contributed by atoms with Crippen LogP contribution in [0.5, 0.6) is 0 Å². The molecule has 0 radical (unpaired) electrons. The highest BCUT2D eigenvalue weighted by molar-refractivity contribution is 6.30. The number of halogens is 1. The van der Waals surface area contributed by atoms with Crippen LogP contribution in [0.25, 0.3) is 0 Å². The fourth-order valence-corrected chi connectivity index (χ4v) is 3.95. The molecule has 1 aliphatic carbocycles. The molecule has 0 N–H and O–H groups in total. The van der Waals surface area contributed by atoms with Crippen molar-refractivity contribution in [1.29, 1.82) is 0 Å². The van der Waals surface area contributed by atoms with Gasteiger partial charge in [-0.25, -0.2) is 0 Å². The number of carbonyl (C=O) groups excluding carboxylic acids is 1. The summed E-state index contributed by atoms with van der Waals surface area (Å²) in [6.07, 6.45) is 6.21. The van der Waals surface area contributed by atoms with Gasteiger partial charge in [-0.15, -0.1) is 0 Å². The third-order valence-electron chi connectivity index (χ3n) is 5.46. The van der Waals surface area contributed by atoms with Gasteiger partial charge in [0.25, 0.3) is 0 Å². The van der Waals surface area contributed by atoms with Gasteiger partial charge in [0, 0.05) is 29.6 Å². The Morgan fingerprint density at radius 3 is 2.60 bits per heavy atom. The zero-order valence-electron chi connectivity index (χ0n) is 14.3. The van der Waals surface area contributed by atoms with Crippen LogP contribution in [-0.4, -0.2) is 22.3 Å². The van der Waals surface area contributed by atoms with E-state index in [1.54, 1.807) is 0 Å². The Balaban J connectivity index is 1.51. The molecule has 2 aromatic rings. The van der Waals surface area contributed by atoms with Crippen molar-refractivity contribution >= 4 is 17.5 Å². The molecule has 0 bridgehead atoms. The van der Waals surface area contributed by atoms with Gasteiger partial charge in [-0.1, -0.05) is 36.2 Å². The molecule has 1 amide bonds. The number of hydrogen-bond acceptors (Lipinski definition) is 2. The molecule has 4 rings (SSSR count). The van der Waals surface area contributed by atoms with Gasteiger partial charge < -0.3 is 4.90 Å². The van der Waals surface area contributed by atoms with Crippen LogP contribution in [0.1, 0.15) is 55.1 Å². The van der Waals surface area contributed by atoms with Crippen LogP contribution in [0.2, 0.25) is 5.02 Å². The van der Waals surface area contributed by atoms with Gasteiger partial charge in [0.1, 0.15) is 0 Å². The number of hydrogen-bond donors (Lipinski definition) is 0. The average molecular weight is 355 g/mol. The third-order valence-corrected chi connectivity index (χ3v) is 5.71. The van der Waals surface area contributed by atoms with Crippen molar-refractivity contribution in [2.75, 3.05) is 6.54 Å². The number of pyridine rings is 1. The largest absolute Gasteiger partial charge is 0.334 e. The molecule has 1 atom stereocenters. The maximum atomic E-state index is 12.7. The lowest BCUT2D eigenvalue weighted by Crippen LogP contribution is -2.38. The Morgan fingerprint density at radius 1 is 1.08 bits per heavy atom. The molecule has 3 nitrogen and oxygen atoms in total. The van der Waals surface area contributed by atoms with E-state index in [0.717, 1.165) is 55.1 Å². The van der Waals surface area contributed by atoms with Gasteiger partial charge >= 0.3 is 0 Å². The van der Waals surface area contributed by atoms with Crippen LogP contribution in [0, 0.1) is 5.92 Å². The maximum Gasteiger partial charge on any atom is 0.226 e. The first-order valence-corrected chi connectivity index (χ1v) is 9.59. The Hall–Kier alpha value is -1.87. The molecule has 4 heteroatoms. The highest BCUT2D eigenvalue weighted by atomic mass is 35.5. The van der Waals surface area contributed by atoms with Crippen molar-refractivity contribution in [1.82, 2.24) is 9.88 Å². The topological polar surface area (TPSA) is 33.2 Å². The Kier molecular flexibility index (Phi) is 4.76. The quantitative estimate of drug-likeness (QED) is 0.790. The number of rotatable bonds is 4. The minimum absolute atomic E-state index is 0.151. The van der Waals surface area contributed by atoms with E-state index in [1.165, 1.54) is 12.0 Å². The van der Waals surface area contributed by atoms with E-state index in [0.29, 0.717) is 5.91 Å². The fraction of sp³-hybridized carbons (Fsp3) is 0.429. The van der Waals surface area contributed by atoms with Crippen molar-refractivity contribution < 1.29 is 4.79 Å². The lowest BCUT2D eigenvalue weighted by molar-refractivity contribution is -0.139. The molecule has 25 heavy (non-hydrogen) atoms. The zero-order valence-corrected chi connectivity index (χ0v) is 15.1. The number of amides is 1. The predicted octanol–water partition coefficient (Wildman–Crippen LogP) is 4.79. The smallest absolute Gasteiger partial charge is 0.226 e. The van der Waals surface area contributed by atoms with E-state index in [-0.39, 0.29) is 12.0 Å². The lowest BCUT2D eigenvalue weighted by Gasteiger charge is -2.32. The Morgan fingerprint density at radius 2 is 1.88 bits per heavy atom. The molecule has 1 aliphatic heterocycles. The molecule has 1 aromatic carbocycles. The number of benzene rings is 1. The van der Waals surface area contributed by atoms with Crippen LogP contribution in [0.15, 0.2) is 42.5 Å². The Bertz CT molecular complexity index is 755. The normalized spacial score (nSPS) is 20.5. The van der Waals surface area contributed by atoms with E-state index in [2.05, 4.69) is 23.1 Å². The first kappa shape index (κ1) is 16.6. The second-order valence-corrected chi connectivity index (χ2v) is 7.61. The van der Waals surface area contributed by atoms with Crippen molar-refractivity contribution in [2.45, 2.75) is 44.6 Å². The third kappa shape index (κ3) is 3.57. The molecule has 130 valence electrons. The second kappa shape index (κ2) is 7.17. The minimum atomic E-state index is 0.151. The SMILES string of the molecule is O=C(C1CCC1)N1CCC[C@@H]1c1cccc(Cc2ccc(Cl)cc2)n1. The fourth-order valence-electron chi connectivity index (χ4n) is 3.82. The second-order valence-electron chi connectivity index (χ2n) is 7.17. The molecule has 2 heterocycles. The van der Waals surface area contributed by atoms with Crippen LogP contribution >= 0.6 is 11.6 Å². The van der Waals surface area contributed by atoms with E-state index in [9.17, 15) is 4.79 Å². The van der Waals surface area contributed by atoms with Crippen molar-refractivity contribution in [3.63, 3.8) is 0 Å². The monoisotopic (exact) mass is 354 g/mol. The van der Waals surface area contributed by atoms with E-state index in [4.69, 9.17) is 16.6 Å². The summed E-state index contributed by atoms with van der Waals surface area (Å²) in [5.41, 5.74) is 3.28. The maximum absolute atomic E-state index is 12.7. The molecule has 1 saturated heterocycles. The molecular weight excluding hydrogens is 332 g/mol. The first-order valence-electron chi connectivity index (χ1n) is 9.21. The van der Waals surface area contributed by atoms with Crippen molar-refractivity contribution in [2.24, 2.45) is 5.92 Å². The van der Waals surface area contributed by atoms with Crippen LogP contribution < -0.4 is 0 Å². The highest BCUT2D eigenvalue weighted by Gasteiger charge is 2.36. The summed E-state index contributed by atoms with van der Waals surface area (Å²) in [5, 5.41) is 0.751. The van der Waals surface area contributed by atoms with Gasteiger partial charge in [0.05, 0.1) is 11.7 Å². The summed E-state index contributed by atoms with van der Waals surface area (Å²) in [4.78, 5) is 19.7.